The van der Waals surface area contributed by atoms with Gasteiger partial charge in [-0.1, -0.05) is 36.4 Å². The molecule has 0 radical (unpaired) electrons. The number of nitrogens with one attached hydrogen (secondary N) is 1. The van der Waals surface area contributed by atoms with E-state index in [-0.39, 0.29) is 6.29 Å². The summed E-state index contributed by atoms with van der Waals surface area (Å²) in [7, 11) is 0. The molecule has 4 heteroatoms. The van der Waals surface area contributed by atoms with Gasteiger partial charge in [0.25, 0.3) is 0 Å². The van der Waals surface area contributed by atoms with Crippen LogP contribution in [0.25, 0.3) is 0 Å². The summed E-state index contributed by atoms with van der Waals surface area (Å²) >= 11 is 0. The predicted molar refractivity (Wildman–Crippen MR) is 92.5 cm³/mol. The highest BCUT2D eigenvalue weighted by atomic mass is 16.7. The zero-order chi connectivity index (χ0) is 15.9. The highest BCUT2D eigenvalue weighted by Gasteiger charge is 2.25. The SMILES string of the molecule is CCO[C@H]1C[C@H](NN(c2ccccc2)c2ccccc2)CCO1. The summed E-state index contributed by atoms with van der Waals surface area (Å²) in [6.07, 6.45) is 1.71. The van der Waals surface area contributed by atoms with Crippen LogP contribution in [-0.2, 0) is 9.47 Å². The molecule has 0 aromatic heterocycles. The molecule has 1 aliphatic heterocycles. The van der Waals surface area contributed by atoms with Gasteiger partial charge < -0.3 is 9.47 Å². The van der Waals surface area contributed by atoms with Crippen molar-refractivity contribution in [3.8, 4) is 0 Å². The molecule has 1 saturated heterocycles. The fourth-order valence-electron chi connectivity index (χ4n) is 2.81. The summed E-state index contributed by atoms with van der Waals surface area (Å²) in [4.78, 5) is 0. The number of ether oxygens (including phenoxy) is 2. The number of hydrazine groups is 1. The molecule has 1 N–H and O–H groups in total. The topological polar surface area (TPSA) is 33.7 Å². The minimum atomic E-state index is -0.111. The van der Waals surface area contributed by atoms with Gasteiger partial charge in [-0.2, -0.15) is 0 Å². The smallest absolute Gasteiger partial charge is 0.159 e. The van der Waals surface area contributed by atoms with Crippen molar-refractivity contribution in [2.24, 2.45) is 0 Å². The first-order valence-electron chi connectivity index (χ1n) is 8.26. The second kappa shape index (κ2) is 8.11. The summed E-state index contributed by atoms with van der Waals surface area (Å²) in [6, 6.07) is 21.1. The maximum atomic E-state index is 5.66. The van der Waals surface area contributed by atoms with Crippen LogP contribution in [0.1, 0.15) is 19.8 Å². The Morgan fingerprint density at radius 3 is 2.22 bits per heavy atom. The van der Waals surface area contributed by atoms with Gasteiger partial charge in [-0.15, -0.1) is 0 Å². The first-order chi connectivity index (χ1) is 11.4. The Kier molecular flexibility index (Phi) is 5.64. The van der Waals surface area contributed by atoms with Crippen LogP contribution >= 0.6 is 0 Å². The Morgan fingerprint density at radius 2 is 1.65 bits per heavy atom. The van der Waals surface area contributed by atoms with E-state index in [1.807, 2.05) is 19.1 Å². The number of nitrogens with zero attached hydrogens (tertiary/aromatic N) is 1. The van der Waals surface area contributed by atoms with E-state index >= 15 is 0 Å². The highest BCUT2D eigenvalue weighted by molar-refractivity contribution is 5.61. The third kappa shape index (κ3) is 4.32. The lowest BCUT2D eigenvalue weighted by Gasteiger charge is -2.35. The minimum Gasteiger partial charge on any atom is -0.353 e. The molecule has 0 spiro atoms. The maximum absolute atomic E-state index is 5.66. The molecule has 0 amide bonds. The molecule has 122 valence electrons. The van der Waals surface area contributed by atoms with E-state index in [1.54, 1.807) is 0 Å². The minimum absolute atomic E-state index is 0.111. The monoisotopic (exact) mass is 312 g/mol. The van der Waals surface area contributed by atoms with E-state index in [0.717, 1.165) is 30.8 Å². The Bertz CT molecular complexity index is 535. The number of hydrogen-bond donors (Lipinski definition) is 1. The van der Waals surface area contributed by atoms with Crippen molar-refractivity contribution in [1.29, 1.82) is 0 Å². The van der Waals surface area contributed by atoms with Crippen molar-refractivity contribution in [1.82, 2.24) is 5.43 Å². The van der Waals surface area contributed by atoms with E-state index in [4.69, 9.17) is 9.47 Å². The first-order valence-corrected chi connectivity index (χ1v) is 8.26. The van der Waals surface area contributed by atoms with Gasteiger partial charge in [0.05, 0.1) is 18.0 Å². The molecule has 3 rings (SSSR count). The van der Waals surface area contributed by atoms with Crippen molar-refractivity contribution in [3.05, 3.63) is 60.7 Å². The quantitative estimate of drug-likeness (QED) is 0.821. The van der Waals surface area contributed by atoms with E-state index in [9.17, 15) is 0 Å². The average molecular weight is 312 g/mol. The molecule has 4 nitrogen and oxygen atoms in total. The molecule has 2 atom stereocenters. The van der Waals surface area contributed by atoms with Crippen molar-refractivity contribution < 1.29 is 9.47 Å². The Labute approximate surface area is 138 Å². The van der Waals surface area contributed by atoms with Gasteiger partial charge in [0, 0.05) is 19.1 Å². The van der Waals surface area contributed by atoms with Crippen LogP contribution in [0, 0.1) is 0 Å². The number of benzene rings is 2. The number of rotatable bonds is 6. The molecule has 1 fully saturated rings. The Morgan fingerprint density at radius 1 is 1.04 bits per heavy atom. The summed E-state index contributed by atoms with van der Waals surface area (Å²) in [5.74, 6) is 0. The third-order valence-corrected chi connectivity index (χ3v) is 3.94. The lowest BCUT2D eigenvalue weighted by atomic mass is 10.1. The molecule has 1 aliphatic rings. The standard InChI is InChI=1S/C19H24N2O2/c1-2-22-19-15-16(13-14-23-19)20-21(17-9-5-3-6-10-17)18-11-7-4-8-12-18/h3-12,16,19-20H,2,13-15H2,1H3/t16-,19-/m1/s1. The van der Waals surface area contributed by atoms with E-state index in [1.165, 1.54) is 0 Å². The van der Waals surface area contributed by atoms with Crippen LogP contribution < -0.4 is 10.4 Å². The molecular weight excluding hydrogens is 288 g/mol. The van der Waals surface area contributed by atoms with Crippen LogP contribution in [0.5, 0.6) is 0 Å². The maximum Gasteiger partial charge on any atom is 0.159 e. The summed E-state index contributed by atoms with van der Waals surface area (Å²) in [5.41, 5.74) is 5.90. The number of hydrogen-bond acceptors (Lipinski definition) is 4. The average Bonchev–Trinajstić information content (AvgIpc) is 2.62. The first kappa shape index (κ1) is 16.0. The van der Waals surface area contributed by atoms with Gasteiger partial charge in [-0.05, 0) is 37.6 Å². The third-order valence-electron chi connectivity index (χ3n) is 3.94. The molecule has 23 heavy (non-hydrogen) atoms. The number of anilines is 2. The van der Waals surface area contributed by atoms with Gasteiger partial charge >= 0.3 is 0 Å². The summed E-state index contributed by atoms with van der Waals surface area (Å²) in [6.45, 7) is 3.40. The van der Waals surface area contributed by atoms with Crippen LogP contribution in [0.3, 0.4) is 0 Å². The van der Waals surface area contributed by atoms with Crippen molar-refractivity contribution >= 4 is 11.4 Å². The van der Waals surface area contributed by atoms with Gasteiger partial charge in [-0.3, -0.25) is 5.01 Å². The van der Waals surface area contributed by atoms with E-state index in [2.05, 4.69) is 59.0 Å². The Hall–Kier alpha value is -1.88. The summed E-state index contributed by atoms with van der Waals surface area (Å²) in [5, 5.41) is 2.15. The zero-order valence-electron chi connectivity index (χ0n) is 13.5. The molecule has 1 heterocycles. The van der Waals surface area contributed by atoms with Gasteiger partial charge in [0.15, 0.2) is 6.29 Å². The molecule has 0 unspecified atom stereocenters. The van der Waals surface area contributed by atoms with Gasteiger partial charge in [-0.25, -0.2) is 5.43 Å². The molecule has 0 aliphatic carbocycles. The van der Waals surface area contributed by atoms with Crippen LogP contribution in [0.4, 0.5) is 11.4 Å². The Balaban J connectivity index is 1.77. The predicted octanol–water partition coefficient (Wildman–Crippen LogP) is 3.87. The van der Waals surface area contributed by atoms with Crippen LogP contribution in [0.15, 0.2) is 60.7 Å². The fourth-order valence-corrected chi connectivity index (χ4v) is 2.81. The second-order valence-electron chi connectivity index (χ2n) is 5.61. The van der Waals surface area contributed by atoms with Crippen molar-refractivity contribution in [3.63, 3.8) is 0 Å². The van der Waals surface area contributed by atoms with Crippen LogP contribution in [-0.4, -0.2) is 25.5 Å². The van der Waals surface area contributed by atoms with Crippen molar-refractivity contribution in [2.75, 3.05) is 18.2 Å². The lowest BCUT2D eigenvalue weighted by Crippen LogP contribution is -2.47. The van der Waals surface area contributed by atoms with E-state index < -0.39 is 0 Å². The molecule has 2 aromatic carbocycles. The van der Waals surface area contributed by atoms with Crippen LogP contribution in [0.2, 0.25) is 0 Å². The second-order valence-corrected chi connectivity index (χ2v) is 5.61. The molecular formula is C19H24N2O2. The van der Waals surface area contributed by atoms with Gasteiger partial charge in [0.2, 0.25) is 0 Å². The molecule has 0 saturated carbocycles. The highest BCUT2D eigenvalue weighted by Crippen LogP contribution is 2.25. The molecule has 2 aromatic rings. The zero-order valence-corrected chi connectivity index (χ0v) is 13.5. The summed E-state index contributed by atoms with van der Waals surface area (Å²) < 4.78 is 11.3. The number of para-hydroxylation sites is 2. The lowest BCUT2D eigenvalue weighted by molar-refractivity contribution is -0.165. The van der Waals surface area contributed by atoms with E-state index in [0.29, 0.717) is 12.6 Å². The normalized spacial score (nSPS) is 21.1. The molecule has 0 bridgehead atoms. The van der Waals surface area contributed by atoms with Crippen molar-refractivity contribution in [2.45, 2.75) is 32.1 Å². The largest absolute Gasteiger partial charge is 0.353 e. The fraction of sp³-hybridized carbons (Fsp3) is 0.368. The van der Waals surface area contributed by atoms with Gasteiger partial charge in [0.1, 0.15) is 0 Å².